The maximum Gasteiger partial charge on any atom is 0.135 e. The van der Waals surface area contributed by atoms with Crippen molar-refractivity contribution in [1.29, 1.82) is 0 Å². The van der Waals surface area contributed by atoms with Gasteiger partial charge in [-0.25, -0.2) is 9.97 Å². The van der Waals surface area contributed by atoms with E-state index in [0.717, 1.165) is 35.3 Å². The van der Waals surface area contributed by atoms with Gasteiger partial charge in [0.25, 0.3) is 0 Å². The topological polar surface area (TPSA) is 29.0 Å². The number of anilines is 1. The summed E-state index contributed by atoms with van der Waals surface area (Å²) in [6, 6.07) is 2.07. The summed E-state index contributed by atoms with van der Waals surface area (Å²) in [4.78, 5) is 11.7. The monoisotopic (exact) mass is 323 g/mol. The van der Waals surface area contributed by atoms with E-state index in [-0.39, 0.29) is 0 Å². The number of aromatic nitrogens is 2. The lowest BCUT2D eigenvalue weighted by Crippen LogP contribution is -2.26. The number of rotatable bonds is 2. The van der Waals surface area contributed by atoms with Crippen molar-refractivity contribution in [2.45, 2.75) is 46.0 Å². The van der Waals surface area contributed by atoms with E-state index >= 15 is 0 Å². The van der Waals surface area contributed by atoms with Gasteiger partial charge >= 0.3 is 0 Å². The summed E-state index contributed by atoms with van der Waals surface area (Å²) in [6.45, 7) is 9.26. The molecule has 2 heterocycles. The average Bonchev–Trinajstić information content (AvgIpc) is 3.03. The van der Waals surface area contributed by atoms with Crippen molar-refractivity contribution in [1.82, 2.24) is 9.97 Å². The molecule has 1 aliphatic carbocycles. The molecule has 1 unspecified atom stereocenters. The molecule has 3 rings (SSSR count). The molecule has 0 spiro atoms. The van der Waals surface area contributed by atoms with Gasteiger partial charge in [0.05, 0.1) is 0 Å². The Bertz CT molecular complexity index is 477. The molecule has 0 amide bonds. The Morgan fingerprint density at radius 3 is 2.53 bits per heavy atom. The summed E-state index contributed by atoms with van der Waals surface area (Å²) in [6.07, 6.45) is 3.77. The zero-order valence-corrected chi connectivity index (χ0v) is 13.6. The highest BCUT2D eigenvalue weighted by atomic mass is 79.9. The van der Waals surface area contributed by atoms with Gasteiger partial charge in [0.15, 0.2) is 0 Å². The normalized spacial score (nSPS) is 24.0. The smallest absolute Gasteiger partial charge is 0.135 e. The quantitative estimate of drug-likeness (QED) is 0.770. The summed E-state index contributed by atoms with van der Waals surface area (Å²) < 4.78 is 0.929. The fraction of sp³-hybridized carbons (Fsp3) is 0.733. The summed E-state index contributed by atoms with van der Waals surface area (Å²) in [7, 11) is 0. The molecule has 4 heteroatoms. The molecule has 2 fully saturated rings. The van der Waals surface area contributed by atoms with Crippen LogP contribution >= 0.6 is 15.9 Å². The Kier molecular flexibility index (Phi) is 3.32. The van der Waals surface area contributed by atoms with E-state index in [2.05, 4.69) is 52.7 Å². The fourth-order valence-electron chi connectivity index (χ4n) is 2.78. The highest BCUT2D eigenvalue weighted by molar-refractivity contribution is 9.10. The van der Waals surface area contributed by atoms with E-state index < -0.39 is 0 Å². The van der Waals surface area contributed by atoms with E-state index in [1.54, 1.807) is 0 Å². The van der Waals surface area contributed by atoms with Crippen molar-refractivity contribution in [3.05, 3.63) is 16.5 Å². The van der Waals surface area contributed by atoms with Crippen LogP contribution in [0.5, 0.6) is 0 Å². The number of nitrogens with zero attached hydrogens (tertiary/aromatic N) is 3. The molecule has 0 N–H and O–H groups in total. The van der Waals surface area contributed by atoms with Crippen LogP contribution in [0.2, 0.25) is 0 Å². The zero-order valence-electron chi connectivity index (χ0n) is 12.0. The van der Waals surface area contributed by atoms with Crippen LogP contribution in [0.4, 0.5) is 5.82 Å². The van der Waals surface area contributed by atoms with Crippen LogP contribution < -0.4 is 4.90 Å². The third-order valence-corrected chi connectivity index (χ3v) is 4.78. The maximum atomic E-state index is 4.78. The van der Waals surface area contributed by atoms with Gasteiger partial charge in [0, 0.05) is 25.1 Å². The van der Waals surface area contributed by atoms with Crippen LogP contribution in [0.1, 0.15) is 51.8 Å². The second-order valence-corrected chi connectivity index (χ2v) is 7.79. The van der Waals surface area contributed by atoms with Gasteiger partial charge in [-0.3, -0.25) is 0 Å². The predicted molar refractivity (Wildman–Crippen MR) is 81.5 cm³/mol. The highest BCUT2D eigenvalue weighted by Crippen LogP contribution is 2.40. The number of hydrogen-bond acceptors (Lipinski definition) is 3. The molecular formula is C15H22BrN3. The van der Waals surface area contributed by atoms with Crippen molar-refractivity contribution < 1.29 is 0 Å². The van der Waals surface area contributed by atoms with Crippen LogP contribution in [0, 0.1) is 11.3 Å². The fourth-order valence-corrected chi connectivity index (χ4v) is 3.17. The van der Waals surface area contributed by atoms with Crippen molar-refractivity contribution >= 4 is 21.7 Å². The first-order chi connectivity index (χ1) is 8.93. The van der Waals surface area contributed by atoms with Gasteiger partial charge in [-0.2, -0.15) is 0 Å². The number of halogens is 1. The Morgan fingerprint density at radius 2 is 1.95 bits per heavy atom. The lowest BCUT2D eigenvalue weighted by Gasteiger charge is -2.27. The first kappa shape index (κ1) is 13.3. The van der Waals surface area contributed by atoms with Crippen LogP contribution in [-0.2, 0) is 0 Å². The van der Waals surface area contributed by atoms with Gasteiger partial charge < -0.3 is 4.90 Å². The molecular weight excluding hydrogens is 302 g/mol. The lowest BCUT2D eigenvalue weighted by atomic mass is 9.80. The molecule has 1 saturated carbocycles. The molecule has 1 aromatic heterocycles. The van der Waals surface area contributed by atoms with E-state index in [0.29, 0.717) is 11.3 Å². The SMILES string of the molecule is CC(C)(C)C1CCN(c2cc(Br)nc(C3CC3)n2)C1. The molecule has 0 radical (unpaired) electrons. The van der Waals surface area contributed by atoms with E-state index in [1.807, 2.05) is 0 Å². The van der Waals surface area contributed by atoms with Crippen molar-refractivity contribution in [3.8, 4) is 0 Å². The van der Waals surface area contributed by atoms with E-state index in [4.69, 9.17) is 4.98 Å². The van der Waals surface area contributed by atoms with Crippen LogP contribution in [0.15, 0.2) is 10.7 Å². The molecule has 104 valence electrons. The van der Waals surface area contributed by atoms with E-state index in [1.165, 1.54) is 19.3 Å². The molecule has 1 aliphatic heterocycles. The maximum absolute atomic E-state index is 4.78. The van der Waals surface area contributed by atoms with Crippen molar-refractivity contribution in [2.75, 3.05) is 18.0 Å². The average molecular weight is 324 g/mol. The first-order valence-corrected chi connectivity index (χ1v) is 8.02. The first-order valence-electron chi connectivity index (χ1n) is 7.23. The third kappa shape index (κ3) is 2.93. The van der Waals surface area contributed by atoms with Crippen molar-refractivity contribution in [2.24, 2.45) is 11.3 Å². The third-order valence-electron chi connectivity index (χ3n) is 4.38. The van der Waals surface area contributed by atoms with Gasteiger partial charge in [0.2, 0.25) is 0 Å². The molecule has 19 heavy (non-hydrogen) atoms. The van der Waals surface area contributed by atoms with Gasteiger partial charge in [0.1, 0.15) is 16.2 Å². The van der Waals surface area contributed by atoms with Crippen LogP contribution in [0.3, 0.4) is 0 Å². The van der Waals surface area contributed by atoms with Crippen LogP contribution in [0.25, 0.3) is 0 Å². The molecule has 3 nitrogen and oxygen atoms in total. The largest absolute Gasteiger partial charge is 0.356 e. The summed E-state index contributed by atoms with van der Waals surface area (Å²) in [5, 5.41) is 0. The Balaban J connectivity index is 1.79. The minimum absolute atomic E-state index is 0.387. The second-order valence-electron chi connectivity index (χ2n) is 6.98. The highest BCUT2D eigenvalue weighted by Gasteiger charge is 2.33. The van der Waals surface area contributed by atoms with Crippen molar-refractivity contribution in [3.63, 3.8) is 0 Å². The Hall–Kier alpha value is -0.640. The molecule has 1 saturated heterocycles. The van der Waals surface area contributed by atoms with Gasteiger partial charge in [-0.15, -0.1) is 0 Å². The summed E-state index contributed by atoms with van der Waals surface area (Å²) >= 11 is 3.53. The molecule has 1 aromatic rings. The second kappa shape index (κ2) is 4.72. The van der Waals surface area contributed by atoms with Gasteiger partial charge in [-0.1, -0.05) is 20.8 Å². The summed E-state index contributed by atoms with van der Waals surface area (Å²) in [5.41, 5.74) is 0.387. The number of hydrogen-bond donors (Lipinski definition) is 0. The minimum Gasteiger partial charge on any atom is -0.356 e. The predicted octanol–water partition coefficient (Wildman–Crippen LogP) is 3.99. The summed E-state index contributed by atoms with van der Waals surface area (Å²) in [5.74, 6) is 3.50. The lowest BCUT2D eigenvalue weighted by molar-refractivity contribution is 0.263. The Labute approximate surface area is 124 Å². The van der Waals surface area contributed by atoms with E-state index in [9.17, 15) is 0 Å². The van der Waals surface area contributed by atoms with Gasteiger partial charge in [-0.05, 0) is 46.5 Å². The zero-order chi connectivity index (χ0) is 13.6. The van der Waals surface area contributed by atoms with Crippen LogP contribution in [-0.4, -0.2) is 23.1 Å². The molecule has 1 atom stereocenters. The minimum atomic E-state index is 0.387. The molecule has 0 bridgehead atoms. The standard InChI is InChI=1S/C15H22BrN3/c1-15(2,3)11-6-7-19(9-11)13-8-12(16)17-14(18-13)10-4-5-10/h8,10-11H,4-7,9H2,1-3H3. The molecule has 2 aliphatic rings. The molecule has 0 aromatic carbocycles. The Morgan fingerprint density at radius 1 is 1.21 bits per heavy atom.